The maximum absolute atomic E-state index is 14.9. The number of phosphoric ester groups is 1. The van der Waals surface area contributed by atoms with E-state index >= 15 is 0 Å². The fourth-order valence-corrected chi connectivity index (χ4v) is 3.82. The lowest BCUT2D eigenvalue weighted by Crippen LogP contribution is -2.43. The van der Waals surface area contributed by atoms with Gasteiger partial charge in [-0.05, 0) is 0 Å². The van der Waals surface area contributed by atoms with Crippen molar-refractivity contribution in [1.29, 1.82) is 0 Å². The zero-order valence-electron chi connectivity index (χ0n) is 14.2. The number of aromatic nitrogens is 2. The second kappa shape index (κ2) is 7.93. The van der Waals surface area contributed by atoms with Crippen LogP contribution in [-0.4, -0.2) is 65.4 Å². The molecule has 0 aromatic carbocycles. The maximum atomic E-state index is 14.9. The Morgan fingerprint density at radius 3 is 2.61 bits per heavy atom. The molecule has 0 bridgehead atoms. The van der Waals surface area contributed by atoms with Crippen LogP contribution >= 0.6 is 27.9 Å². The lowest BCUT2D eigenvalue weighted by molar-refractivity contribution is -0.204. The molecule has 2 rings (SSSR count). The second-order valence-electron chi connectivity index (χ2n) is 5.26. The molecule has 1 aliphatic rings. The van der Waals surface area contributed by atoms with Crippen molar-refractivity contribution >= 4 is 34.1 Å². The molecular weight excluding hydrogens is 453 g/mol. The van der Waals surface area contributed by atoms with E-state index in [1.54, 1.807) is 0 Å². The predicted molar refractivity (Wildman–Crippen MR) is 86.2 cm³/mol. The molecule has 1 aromatic rings. The van der Waals surface area contributed by atoms with Gasteiger partial charge in [-0.2, -0.15) is 4.31 Å². The van der Waals surface area contributed by atoms with Crippen molar-refractivity contribution in [3.05, 3.63) is 26.9 Å². The van der Waals surface area contributed by atoms with Gasteiger partial charge in [0.2, 0.25) is 0 Å². The number of hydrogen-bond donors (Lipinski definition) is 6. The number of phosphoric acid groups is 2. The van der Waals surface area contributed by atoms with Crippen LogP contribution < -0.4 is 5.69 Å². The zero-order chi connectivity index (χ0) is 22.4. The van der Waals surface area contributed by atoms with E-state index < -0.39 is 52.2 Å². The molecule has 0 amide bonds. The standard InChI is InChI=1S/C10H13FN2O12P2S/c11-10(3-23-27(21,22)25-26(18,19)20)6(16)5(15)8(24-10)13-1-4(2-14)7(28)12-9(13)17/h1-2,5-6,8,15-16H,3H2,(H,21,22)(H,12,17,28)(H2,18,19,20)/t5-,6+,8-,10-/m1/s1/i8D. The third kappa shape index (κ3) is 5.06. The largest absolute Gasteiger partial charge is 0.481 e. The van der Waals surface area contributed by atoms with Gasteiger partial charge in [0.15, 0.2) is 12.5 Å². The summed E-state index contributed by atoms with van der Waals surface area (Å²) in [5.74, 6) is -3.63. The average molecular weight is 467 g/mol. The van der Waals surface area contributed by atoms with Crippen molar-refractivity contribution in [2.45, 2.75) is 24.3 Å². The normalized spacial score (nSPS) is 33.3. The number of aliphatic hydroxyl groups excluding tert-OH is 2. The second-order valence-corrected chi connectivity index (χ2v) is 8.50. The minimum absolute atomic E-state index is 0.170. The summed E-state index contributed by atoms with van der Waals surface area (Å²) in [5, 5.41) is 19.9. The smallest absolute Gasteiger partial charge is 0.385 e. The fourth-order valence-electron chi connectivity index (χ4n) is 2.03. The quantitative estimate of drug-likeness (QED) is 0.159. The molecule has 1 saturated heterocycles. The number of carbonyl (C=O) groups excluding carboxylic acids is 1. The fraction of sp³-hybridized carbons (Fsp3) is 0.500. The number of aromatic amines is 1. The number of nitrogens with one attached hydrogen (secondary N) is 1. The number of halogens is 1. The van der Waals surface area contributed by atoms with Gasteiger partial charge >= 0.3 is 21.3 Å². The van der Waals surface area contributed by atoms with Gasteiger partial charge in [0.1, 0.15) is 23.5 Å². The molecule has 6 N–H and O–H groups in total. The van der Waals surface area contributed by atoms with Crippen molar-refractivity contribution < 1.29 is 58.2 Å². The number of nitrogens with zero attached hydrogens (tertiary/aromatic N) is 1. The lowest BCUT2D eigenvalue weighted by atomic mass is 10.1. The Balaban J connectivity index is 2.37. The average Bonchev–Trinajstić information content (AvgIpc) is 2.73. The molecule has 158 valence electrons. The van der Waals surface area contributed by atoms with E-state index in [1.165, 1.54) is 0 Å². The van der Waals surface area contributed by atoms with Crippen LogP contribution in [0.3, 0.4) is 0 Å². The summed E-state index contributed by atoms with van der Waals surface area (Å²) in [4.78, 5) is 51.1. The van der Waals surface area contributed by atoms with Crippen molar-refractivity contribution in [1.82, 2.24) is 9.55 Å². The first-order valence-electron chi connectivity index (χ1n) is 7.36. The monoisotopic (exact) mass is 467 g/mol. The molecule has 1 aliphatic heterocycles. The van der Waals surface area contributed by atoms with Crippen LogP contribution in [0.25, 0.3) is 0 Å². The minimum atomic E-state index is -5.57. The van der Waals surface area contributed by atoms with Gasteiger partial charge in [0.05, 0.1) is 6.93 Å². The number of aliphatic hydroxyl groups is 2. The highest BCUT2D eigenvalue weighted by Gasteiger charge is 2.57. The highest BCUT2D eigenvalue weighted by molar-refractivity contribution is 7.71. The molecule has 0 aliphatic carbocycles. The molecule has 0 saturated carbocycles. The Bertz CT molecular complexity index is 1030. The number of ether oxygens (including phenoxy) is 1. The minimum Gasteiger partial charge on any atom is -0.385 e. The van der Waals surface area contributed by atoms with Gasteiger partial charge in [-0.3, -0.25) is 18.9 Å². The number of hydrogen-bond acceptors (Lipinski definition) is 10. The highest BCUT2D eigenvalue weighted by atomic mass is 32.1. The Morgan fingerprint density at radius 1 is 1.46 bits per heavy atom. The Labute approximate surface area is 160 Å². The Morgan fingerprint density at radius 2 is 2.07 bits per heavy atom. The van der Waals surface area contributed by atoms with Crippen LogP contribution in [0.2, 0.25) is 0 Å². The van der Waals surface area contributed by atoms with E-state index in [4.69, 9.17) is 16.1 Å². The van der Waals surface area contributed by atoms with Gasteiger partial charge in [-0.25, -0.2) is 18.3 Å². The summed E-state index contributed by atoms with van der Waals surface area (Å²) in [6.07, 6.45) is -7.49. The number of aldehydes is 1. The van der Waals surface area contributed by atoms with Crippen LogP contribution in [0.1, 0.15) is 17.9 Å². The molecule has 28 heavy (non-hydrogen) atoms. The summed E-state index contributed by atoms with van der Waals surface area (Å²) in [6, 6.07) is 0. The van der Waals surface area contributed by atoms with Gasteiger partial charge < -0.3 is 29.6 Å². The van der Waals surface area contributed by atoms with Crippen LogP contribution in [0.4, 0.5) is 4.39 Å². The number of H-pyrrole nitrogens is 1. The number of carbonyl (C=O) groups is 1. The third-order valence-corrected chi connectivity index (χ3v) is 5.71. The van der Waals surface area contributed by atoms with Crippen molar-refractivity contribution in [3.63, 3.8) is 0 Å². The van der Waals surface area contributed by atoms with Crippen molar-refractivity contribution in [3.8, 4) is 0 Å². The zero-order valence-corrected chi connectivity index (χ0v) is 15.8. The predicted octanol–water partition coefficient (Wildman–Crippen LogP) is -1.14. The number of rotatable bonds is 7. The van der Waals surface area contributed by atoms with Crippen molar-refractivity contribution in [2.24, 2.45) is 0 Å². The molecular formula is C10H13FN2O12P2S. The van der Waals surface area contributed by atoms with E-state index in [2.05, 4.69) is 25.8 Å². The molecule has 2 heterocycles. The van der Waals surface area contributed by atoms with Gasteiger partial charge in [-0.1, -0.05) is 12.2 Å². The van der Waals surface area contributed by atoms with E-state index in [-0.39, 0.29) is 21.1 Å². The van der Waals surface area contributed by atoms with E-state index in [1.807, 2.05) is 4.98 Å². The van der Waals surface area contributed by atoms with Crippen LogP contribution in [0.15, 0.2) is 11.0 Å². The van der Waals surface area contributed by atoms with Crippen molar-refractivity contribution in [2.75, 3.05) is 6.61 Å². The molecule has 14 nitrogen and oxygen atoms in total. The topological polar surface area (TPSA) is 218 Å². The first kappa shape index (κ1) is 21.5. The molecule has 1 fully saturated rings. The molecule has 5 atom stereocenters. The Kier molecular flexibility index (Phi) is 6.10. The summed E-state index contributed by atoms with van der Waals surface area (Å²) in [5.41, 5.74) is -1.61. The lowest BCUT2D eigenvalue weighted by Gasteiger charge is -2.23. The summed E-state index contributed by atoms with van der Waals surface area (Å²) in [7, 11) is -11.1. The van der Waals surface area contributed by atoms with Gasteiger partial charge in [-0.15, -0.1) is 0 Å². The van der Waals surface area contributed by atoms with Gasteiger partial charge in [0, 0.05) is 6.20 Å². The van der Waals surface area contributed by atoms with Crippen LogP contribution in [-0.2, 0) is 22.7 Å². The SMILES string of the molecule is [2H][C@@]1(n2cc(C=O)c(=S)[nH]c2=O)O[C@](F)(COP(=O)(O)OP(=O)(O)O)[C@@H](O)[C@H]1O. The van der Waals surface area contributed by atoms with Crippen LogP contribution in [0, 0.1) is 4.64 Å². The van der Waals surface area contributed by atoms with Crippen LogP contribution in [0.5, 0.6) is 0 Å². The Hall–Kier alpha value is -1.16. The van der Waals surface area contributed by atoms with E-state index in [0.29, 0.717) is 6.20 Å². The van der Waals surface area contributed by atoms with E-state index in [9.17, 15) is 33.3 Å². The van der Waals surface area contributed by atoms with Gasteiger partial charge in [0.25, 0.3) is 5.85 Å². The summed E-state index contributed by atoms with van der Waals surface area (Å²) < 4.78 is 56.8. The number of alkyl halides is 1. The summed E-state index contributed by atoms with van der Waals surface area (Å²) >= 11 is 4.69. The molecule has 1 unspecified atom stereocenters. The molecule has 0 radical (unpaired) electrons. The van der Waals surface area contributed by atoms with E-state index in [0.717, 1.165) is 0 Å². The summed E-state index contributed by atoms with van der Waals surface area (Å²) in [6.45, 7) is -1.77. The highest BCUT2D eigenvalue weighted by Crippen LogP contribution is 2.58. The third-order valence-electron chi connectivity index (χ3n) is 3.24. The molecule has 18 heteroatoms. The molecule has 1 aromatic heterocycles. The maximum Gasteiger partial charge on any atom is 0.481 e. The first-order chi connectivity index (χ1) is 13.0. The first-order valence-corrected chi connectivity index (χ1v) is 10.3. The molecule has 0 spiro atoms.